The van der Waals surface area contributed by atoms with Gasteiger partial charge in [-0.25, -0.2) is 18.0 Å². The third kappa shape index (κ3) is 3.98. The SMILES string of the molecule is [C-]#[N+]c1ccc(C(=O)Nc2ccc(F)c([C@]34COC(C(C)(F)F)[C@H]3CSC(C)=N4)c2)nc1. The molecule has 6 nitrogen and oxygen atoms in total. The summed E-state index contributed by atoms with van der Waals surface area (Å²) in [4.78, 5) is 24.3. The van der Waals surface area contributed by atoms with Crippen molar-refractivity contribution in [2.45, 2.75) is 31.4 Å². The number of carbonyl (C=O) groups excluding carboxylic acids is 1. The molecule has 1 unspecified atom stereocenters. The summed E-state index contributed by atoms with van der Waals surface area (Å²) in [6.45, 7) is 9.31. The van der Waals surface area contributed by atoms with E-state index < -0.39 is 35.2 Å². The summed E-state index contributed by atoms with van der Waals surface area (Å²) in [6, 6.07) is 6.85. The number of ether oxygens (including phenoxy) is 1. The van der Waals surface area contributed by atoms with Crippen LogP contribution in [0.4, 0.5) is 24.5 Å². The number of alkyl halides is 2. The van der Waals surface area contributed by atoms with Crippen LogP contribution in [0.5, 0.6) is 0 Å². The van der Waals surface area contributed by atoms with Gasteiger partial charge in [-0.05, 0) is 31.2 Å². The van der Waals surface area contributed by atoms with Gasteiger partial charge in [-0.3, -0.25) is 14.8 Å². The first kappa shape index (κ1) is 22.3. The molecule has 1 aromatic heterocycles. The third-order valence-corrected chi connectivity index (χ3v) is 6.63. The zero-order valence-electron chi connectivity index (χ0n) is 17.2. The summed E-state index contributed by atoms with van der Waals surface area (Å²) in [7, 11) is 0. The van der Waals surface area contributed by atoms with Crippen LogP contribution in [0.15, 0.2) is 41.5 Å². The van der Waals surface area contributed by atoms with Gasteiger partial charge >= 0.3 is 0 Å². The summed E-state index contributed by atoms with van der Waals surface area (Å²) in [5.74, 6) is -4.69. The predicted molar refractivity (Wildman–Crippen MR) is 116 cm³/mol. The number of nitrogens with one attached hydrogen (secondary N) is 1. The van der Waals surface area contributed by atoms with Gasteiger partial charge in [0.1, 0.15) is 23.2 Å². The number of benzene rings is 1. The van der Waals surface area contributed by atoms with Crippen molar-refractivity contribution < 1.29 is 22.7 Å². The van der Waals surface area contributed by atoms with Crippen LogP contribution in [0.2, 0.25) is 0 Å². The molecule has 1 saturated heterocycles. The maximum absolute atomic E-state index is 15.0. The Balaban J connectivity index is 1.69. The number of nitrogens with zero attached hydrogens (tertiary/aromatic N) is 3. The number of fused-ring (bicyclic) bond motifs is 1. The number of aliphatic imine (C=N–C) groups is 1. The molecule has 1 aromatic carbocycles. The second kappa shape index (κ2) is 8.22. The summed E-state index contributed by atoms with van der Waals surface area (Å²) in [6.07, 6.45) is -0.116. The highest BCUT2D eigenvalue weighted by atomic mass is 32.2. The highest BCUT2D eigenvalue weighted by Crippen LogP contribution is 2.52. The van der Waals surface area contributed by atoms with Crippen LogP contribution in [-0.2, 0) is 10.3 Å². The number of rotatable bonds is 4. The highest BCUT2D eigenvalue weighted by Gasteiger charge is 2.59. The minimum atomic E-state index is -3.11. The molecule has 2 aromatic rings. The van der Waals surface area contributed by atoms with Crippen molar-refractivity contribution in [3.05, 3.63) is 65.0 Å². The third-order valence-electron chi connectivity index (χ3n) is 5.59. The molecule has 1 fully saturated rings. The number of pyridine rings is 1. The molecule has 0 spiro atoms. The van der Waals surface area contributed by atoms with E-state index in [9.17, 15) is 13.6 Å². The molecule has 1 amide bonds. The average molecular weight is 460 g/mol. The van der Waals surface area contributed by atoms with Gasteiger partial charge in [0.25, 0.3) is 11.8 Å². The standard InChI is InChI=1S/C22H19F3N4O2S/c1-12-29-22(11-31-19(21(2,24)25)16(22)10-32-12)15-8-13(4-6-17(15)23)28-20(30)18-7-5-14(26-3)9-27-18/h4-9,16,19H,10-11H2,1-2H3,(H,28,30)/t16-,19?,22-/m1/s1. The maximum Gasteiger partial charge on any atom is 0.274 e. The summed E-state index contributed by atoms with van der Waals surface area (Å²) in [5, 5.41) is 3.30. The molecule has 32 heavy (non-hydrogen) atoms. The minimum absolute atomic E-state index is 0.0807. The zero-order chi connectivity index (χ0) is 23.1. The van der Waals surface area contributed by atoms with Gasteiger partial charge in [-0.15, -0.1) is 11.8 Å². The van der Waals surface area contributed by atoms with E-state index in [4.69, 9.17) is 11.3 Å². The number of carbonyl (C=O) groups is 1. The fourth-order valence-electron chi connectivity index (χ4n) is 4.11. The highest BCUT2D eigenvalue weighted by molar-refractivity contribution is 8.13. The summed E-state index contributed by atoms with van der Waals surface area (Å²) < 4.78 is 48.9. The number of halogens is 3. The second-order valence-corrected chi connectivity index (χ2v) is 9.04. The average Bonchev–Trinajstić information content (AvgIpc) is 3.15. The predicted octanol–water partition coefficient (Wildman–Crippen LogP) is 5.05. The number of anilines is 1. The zero-order valence-corrected chi connectivity index (χ0v) is 18.0. The smallest absolute Gasteiger partial charge is 0.274 e. The van der Waals surface area contributed by atoms with E-state index in [1.54, 1.807) is 6.92 Å². The van der Waals surface area contributed by atoms with Crippen molar-refractivity contribution in [2.24, 2.45) is 10.9 Å². The molecule has 4 rings (SSSR count). The van der Waals surface area contributed by atoms with Crippen LogP contribution in [0, 0.1) is 18.3 Å². The second-order valence-electron chi connectivity index (χ2n) is 7.82. The van der Waals surface area contributed by atoms with Gasteiger partial charge in [-0.2, -0.15) is 0 Å². The van der Waals surface area contributed by atoms with E-state index in [-0.39, 0.29) is 23.6 Å². The maximum atomic E-state index is 15.0. The fourth-order valence-corrected chi connectivity index (χ4v) is 5.21. The molecule has 10 heteroatoms. The molecule has 3 heterocycles. The molecule has 0 bridgehead atoms. The van der Waals surface area contributed by atoms with Crippen molar-refractivity contribution in [1.82, 2.24) is 4.98 Å². The number of hydrogen-bond acceptors (Lipinski definition) is 5. The van der Waals surface area contributed by atoms with Crippen LogP contribution < -0.4 is 5.32 Å². The van der Waals surface area contributed by atoms with E-state index in [1.807, 2.05) is 0 Å². The molecule has 2 aliphatic rings. The Hall–Kier alpha value is -2.90. The topological polar surface area (TPSA) is 67.9 Å². The number of aromatic nitrogens is 1. The molecular formula is C22H19F3N4O2S. The summed E-state index contributed by atoms with van der Waals surface area (Å²) >= 11 is 1.34. The monoisotopic (exact) mass is 460 g/mol. The van der Waals surface area contributed by atoms with E-state index in [1.165, 1.54) is 48.3 Å². The molecule has 1 N–H and O–H groups in total. The van der Waals surface area contributed by atoms with E-state index in [0.717, 1.165) is 6.92 Å². The van der Waals surface area contributed by atoms with Crippen molar-refractivity contribution in [3.8, 4) is 0 Å². The lowest BCUT2D eigenvalue weighted by Crippen LogP contribution is -2.45. The lowest BCUT2D eigenvalue weighted by Gasteiger charge is -2.37. The van der Waals surface area contributed by atoms with Crippen molar-refractivity contribution in [3.63, 3.8) is 0 Å². The Bertz CT molecular complexity index is 1130. The first-order chi connectivity index (χ1) is 15.1. The quantitative estimate of drug-likeness (QED) is 0.648. The Labute approximate surface area is 187 Å². The normalized spacial score (nSPS) is 24.9. The van der Waals surface area contributed by atoms with Crippen LogP contribution in [0.3, 0.4) is 0 Å². The van der Waals surface area contributed by atoms with Crippen LogP contribution in [-0.4, -0.2) is 40.3 Å². The van der Waals surface area contributed by atoms with Crippen LogP contribution in [0.1, 0.15) is 29.9 Å². The van der Waals surface area contributed by atoms with Gasteiger partial charge in [-0.1, -0.05) is 6.07 Å². The Morgan fingerprint density at radius 3 is 2.81 bits per heavy atom. The molecule has 0 aliphatic carbocycles. The van der Waals surface area contributed by atoms with Crippen molar-refractivity contribution in [1.29, 1.82) is 0 Å². The summed E-state index contributed by atoms with van der Waals surface area (Å²) in [5.41, 5.74) is -0.559. The Kier molecular flexibility index (Phi) is 5.73. The molecule has 0 saturated carbocycles. The van der Waals surface area contributed by atoms with Crippen molar-refractivity contribution >= 4 is 34.1 Å². The number of thioether (sulfide) groups is 1. The van der Waals surface area contributed by atoms with Gasteiger partial charge in [0.05, 0.1) is 18.2 Å². The first-order valence-corrected chi connectivity index (χ1v) is 10.8. The van der Waals surface area contributed by atoms with Gasteiger partial charge < -0.3 is 10.1 Å². The molecule has 0 radical (unpaired) electrons. The largest absolute Gasteiger partial charge is 0.369 e. The molecule has 3 atom stereocenters. The van der Waals surface area contributed by atoms with E-state index in [2.05, 4.69) is 20.1 Å². The molecular weight excluding hydrogens is 441 g/mol. The van der Waals surface area contributed by atoms with Gasteiger partial charge in [0.15, 0.2) is 0 Å². The molecule has 166 valence electrons. The Morgan fingerprint density at radius 2 is 2.16 bits per heavy atom. The first-order valence-electron chi connectivity index (χ1n) is 9.77. The fraction of sp³-hybridized carbons (Fsp3) is 0.364. The van der Waals surface area contributed by atoms with E-state index >= 15 is 4.39 Å². The lowest BCUT2D eigenvalue weighted by atomic mass is 9.77. The number of amides is 1. The Morgan fingerprint density at radius 1 is 1.38 bits per heavy atom. The molecule has 2 aliphatic heterocycles. The van der Waals surface area contributed by atoms with Crippen molar-refractivity contribution in [2.75, 3.05) is 17.7 Å². The van der Waals surface area contributed by atoms with Crippen LogP contribution in [0.25, 0.3) is 4.85 Å². The van der Waals surface area contributed by atoms with E-state index in [0.29, 0.717) is 16.5 Å². The van der Waals surface area contributed by atoms with Crippen LogP contribution >= 0.6 is 11.8 Å². The lowest BCUT2D eigenvalue weighted by molar-refractivity contribution is -0.113. The minimum Gasteiger partial charge on any atom is -0.369 e. The van der Waals surface area contributed by atoms with Gasteiger partial charge in [0, 0.05) is 36.0 Å². The van der Waals surface area contributed by atoms with Gasteiger partial charge in [0.2, 0.25) is 5.69 Å². The number of hydrogen-bond donors (Lipinski definition) is 1.